The zero-order valence-electron chi connectivity index (χ0n) is 15.0. The number of nitrogens with zero attached hydrogens (tertiary/aromatic N) is 1. The number of furan rings is 1. The smallest absolute Gasteiger partial charge is 0.287 e. The standard InChI is InChI=1S/C19H21N3O2S.2ClH/c1-19(8-10-20-11-9-19)12-21-17(23)14-6-7-15(24-14)18-22-13-4-2-3-5-16(13)25-18;;/h2-7,20H,8-12H2,1H3,(H,21,23);2*1H. The lowest BCUT2D eigenvalue weighted by Crippen LogP contribution is -2.42. The lowest BCUT2D eigenvalue weighted by molar-refractivity contribution is 0.0895. The van der Waals surface area contributed by atoms with Crippen molar-refractivity contribution in [3.8, 4) is 10.8 Å². The lowest BCUT2D eigenvalue weighted by atomic mass is 9.81. The molecule has 3 heterocycles. The Hall–Kier alpha value is -1.60. The summed E-state index contributed by atoms with van der Waals surface area (Å²) in [6, 6.07) is 11.5. The highest BCUT2D eigenvalue weighted by Gasteiger charge is 2.27. The van der Waals surface area contributed by atoms with Crippen LogP contribution in [0.1, 0.15) is 30.3 Å². The number of aromatic nitrogens is 1. The molecule has 4 rings (SSSR count). The minimum atomic E-state index is -0.160. The number of rotatable bonds is 4. The van der Waals surface area contributed by atoms with Crippen LogP contribution in [0.15, 0.2) is 40.8 Å². The molecule has 146 valence electrons. The average Bonchev–Trinajstić information content (AvgIpc) is 3.27. The van der Waals surface area contributed by atoms with Crippen LogP contribution in [-0.4, -0.2) is 30.5 Å². The van der Waals surface area contributed by atoms with Crippen molar-refractivity contribution < 1.29 is 9.21 Å². The topological polar surface area (TPSA) is 67.2 Å². The molecule has 0 radical (unpaired) electrons. The van der Waals surface area contributed by atoms with Gasteiger partial charge in [-0.25, -0.2) is 4.98 Å². The quantitative estimate of drug-likeness (QED) is 0.641. The van der Waals surface area contributed by atoms with E-state index in [0.717, 1.165) is 41.2 Å². The number of benzene rings is 1. The van der Waals surface area contributed by atoms with Crippen molar-refractivity contribution >= 4 is 52.3 Å². The Morgan fingerprint density at radius 3 is 2.70 bits per heavy atom. The summed E-state index contributed by atoms with van der Waals surface area (Å²) in [4.78, 5) is 17.0. The number of carbonyl (C=O) groups excluding carboxylic acids is 1. The van der Waals surface area contributed by atoms with E-state index >= 15 is 0 Å². The Labute approximate surface area is 174 Å². The van der Waals surface area contributed by atoms with Crippen LogP contribution >= 0.6 is 36.2 Å². The number of piperidine rings is 1. The second-order valence-corrected chi connectivity index (χ2v) is 7.92. The number of carbonyl (C=O) groups is 1. The highest BCUT2D eigenvalue weighted by atomic mass is 35.5. The van der Waals surface area contributed by atoms with Crippen LogP contribution in [0.4, 0.5) is 0 Å². The van der Waals surface area contributed by atoms with Crippen LogP contribution in [0.5, 0.6) is 0 Å². The van der Waals surface area contributed by atoms with Crippen LogP contribution in [-0.2, 0) is 0 Å². The van der Waals surface area contributed by atoms with E-state index < -0.39 is 0 Å². The number of hydrogen-bond acceptors (Lipinski definition) is 5. The molecule has 3 aromatic rings. The summed E-state index contributed by atoms with van der Waals surface area (Å²) in [6.07, 6.45) is 2.14. The second-order valence-electron chi connectivity index (χ2n) is 6.89. The maximum atomic E-state index is 12.4. The normalized spacial score (nSPS) is 15.6. The first-order chi connectivity index (χ1) is 12.1. The van der Waals surface area contributed by atoms with Crippen molar-refractivity contribution in [2.45, 2.75) is 19.8 Å². The summed E-state index contributed by atoms with van der Waals surface area (Å²) < 4.78 is 6.87. The van der Waals surface area contributed by atoms with Gasteiger partial charge in [0.2, 0.25) is 0 Å². The van der Waals surface area contributed by atoms with Crippen LogP contribution in [0.25, 0.3) is 21.0 Å². The summed E-state index contributed by atoms with van der Waals surface area (Å²) in [5.74, 6) is 0.818. The first-order valence-corrected chi connectivity index (χ1v) is 9.39. The maximum absolute atomic E-state index is 12.4. The average molecular weight is 428 g/mol. The van der Waals surface area contributed by atoms with Crippen LogP contribution in [0.2, 0.25) is 0 Å². The number of nitrogens with one attached hydrogen (secondary N) is 2. The highest BCUT2D eigenvalue weighted by Crippen LogP contribution is 2.31. The van der Waals surface area contributed by atoms with Gasteiger partial charge in [-0.15, -0.1) is 36.2 Å². The van der Waals surface area contributed by atoms with E-state index in [1.54, 1.807) is 17.4 Å². The van der Waals surface area contributed by atoms with Gasteiger partial charge in [0.25, 0.3) is 5.91 Å². The number of para-hydroxylation sites is 1. The molecule has 2 aromatic heterocycles. The Kier molecular flexibility index (Phi) is 7.28. The van der Waals surface area contributed by atoms with Gasteiger partial charge >= 0.3 is 0 Å². The zero-order chi connectivity index (χ0) is 17.3. The van der Waals surface area contributed by atoms with E-state index in [4.69, 9.17) is 4.42 Å². The largest absolute Gasteiger partial charge is 0.448 e. The molecular weight excluding hydrogens is 405 g/mol. The fourth-order valence-electron chi connectivity index (χ4n) is 3.14. The third-order valence-electron chi connectivity index (χ3n) is 4.82. The van der Waals surface area contributed by atoms with Gasteiger partial charge in [-0.2, -0.15) is 0 Å². The molecule has 27 heavy (non-hydrogen) atoms. The molecule has 0 aliphatic carbocycles. The zero-order valence-corrected chi connectivity index (χ0v) is 17.4. The number of thiazole rings is 1. The van der Waals surface area contributed by atoms with Crippen LogP contribution < -0.4 is 10.6 Å². The predicted molar refractivity (Wildman–Crippen MR) is 114 cm³/mol. The molecule has 0 spiro atoms. The second kappa shape index (κ2) is 9.06. The van der Waals surface area contributed by atoms with Gasteiger partial charge in [0.05, 0.1) is 10.2 Å². The number of halogens is 2. The monoisotopic (exact) mass is 427 g/mol. The van der Waals surface area contributed by atoms with Crippen molar-refractivity contribution in [2.24, 2.45) is 5.41 Å². The van der Waals surface area contributed by atoms with Gasteiger partial charge < -0.3 is 15.1 Å². The molecule has 0 bridgehead atoms. The number of amides is 1. The molecule has 1 aliphatic heterocycles. The molecule has 0 atom stereocenters. The Morgan fingerprint density at radius 2 is 1.96 bits per heavy atom. The Bertz CT molecular complexity index is 870. The summed E-state index contributed by atoms with van der Waals surface area (Å²) >= 11 is 1.57. The first kappa shape index (κ1) is 21.7. The minimum Gasteiger partial charge on any atom is -0.448 e. The minimum absolute atomic E-state index is 0. The molecule has 1 aromatic carbocycles. The van der Waals surface area contributed by atoms with Gasteiger partial charge in [-0.3, -0.25) is 4.79 Å². The van der Waals surface area contributed by atoms with Gasteiger partial charge in [0.15, 0.2) is 16.5 Å². The molecule has 8 heteroatoms. The molecule has 1 saturated heterocycles. The molecule has 1 amide bonds. The molecular formula is C19H23Cl2N3O2S. The van der Waals surface area contributed by atoms with Crippen molar-refractivity contribution in [1.29, 1.82) is 0 Å². The van der Waals surface area contributed by atoms with E-state index in [9.17, 15) is 4.79 Å². The van der Waals surface area contributed by atoms with Crippen molar-refractivity contribution in [1.82, 2.24) is 15.6 Å². The Balaban J connectivity index is 0.00000131. The van der Waals surface area contributed by atoms with Crippen LogP contribution in [0, 0.1) is 5.41 Å². The van der Waals surface area contributed by atoms with Gasteiger partial charge in [-0.1, -0.05) is 19.1 Å². The van der Waals surface area contributed by atoms with Gasteiger partial charge in [-0.05, 0) is 55.6 Å². The molecule has 0 saturated carbocycles. The van der Waals surface area contributed by atoms with E-state index in [-0.39, 0.29) is 36.1 Å². The summed E-state index contributed by atoms with van der Waals surface area (Å²) in [7, 11) is 0. The first-order valence-electron chi connectivity index (χ1n) is 8.58. The molecule has 1 aliphatic rings. The SMILES string of the molecule is CC1(CNC(=O)c2ccc(-c3nc4ccccc4s3)o2)CCNCC1.Cl.Cl. The van der Waals surface area contributed by atoms with Crippen molar-refractivity contribution in [3.05, 3.63) is 42.2 Å². The third kappa shape index (κ3) is 4.82. The molecule has 1 fully saturated rings. The number of fused-ring (bicyclic) bond motifs is 1. The van der Waals surface area contributed by atoms with Gasteiger partial charge in [0, 0.05) is 6.54 Å². The molecule has 2 N–H and O–H groups in total. The summed E-state index contributed by atoms with van der Waals surface area (Å²) in [6.45, 7) is 4.91. The fraction of sp³-hybridized carbons (Fsp3) is 0.368. The van der Waals surface area contributed by atoms with Gasteiger partial charge in [0.1, 0.15) is 0 Å². The molecule has 5 nitrogen and oxygen atoms in total. The van der Waals surface area contributed by atoms with E-state index in [1.807, 2.05) is 30.3 Å². The van der Waals surface area contributed by atoms with Crippen molar-refractivity contribution in [2.75, 3.05) is 19.6 Å². The highest BCUT2D eigenvalue weighted by molar-refractivity contribution is 7.21. The van der Waals surface area contributed by atoms with Crippen LogP contribution in [0.3, 0.4) is 0 Å². The lowest BCUT2D eigenvalue weighted by Gasteiger charge is -2.33. The summed E-state index contributed by atoms with van der Waals surface area (Å²) in [5, 5.41) is 7.17. The van der Waals surface area contributed by atoms with Crippen molar-refractivity contribution in [3.63, 3.8) is 0 Å². The van der Waals surface area contributed by atoms with E-state index in [2.05, 4.69) is 22.5 Å². The predicted octanol–water partition coefficient (Wildman–Crippen LogP) is 4.52. The maximum Gasteiger partial charge on any atom is 0.287 e. The molecule has 0 unspecified atom stereocenters. The van der Waals surface area contributed by atoms with E-state index in [1.165, 1.54) is 0 Å². The summed E-state index contributed by atoms with van der Waals surface area (Å²) in [5.41, 5.74) is 1.10. The Morgan fingerprint density at radius 1 is 1.22 bits per heavy atom. The van der Waals surface area contributed by atoms with E-state index in [0.29, 0.717) is 18.1 Å². The number of hydrogen-bond donors (Lipinski definition) is 2. The fourth-order valence-corrected chi connectivity index (χ4v) is 4.07. The third-order valence-corrected chi connectivity index (χ3v) is 5.87.